The van der Waals surface area contributed by atoms with Crippen LogP contribution in [0, 0.1) is 0 Å². The Balaban J connectivity index is 4.04. The van der Waals surface area contributed by atoms with Gasteiger partial charge in [-0.05, 0) is 51.4 Å². The number of esters is 2. The van der Waals surface area contributed by atoms with Crippen LogP contribution in [-0.4, -0.2) is 74.9 Å². The molecule has 0 saturated heterocycles. The molecular formula is C68H129NO8P+. The van der Waals surface area contributed by atoms with E-state index < -0.39 is 26.5 Å². The minimum atomic E-state index is -4.39. The van der Waals surface area contributed by atoms with Crippen LogP contribution in [0.5, 0.6) is 0 Å². The highest BCUT2D eigenvalue weighted by Gasteiger charge is 2.27. The van der Waals surface area contributed by atoms with Gasteiger partial charge in [-0.15, -0.1) is 0 Å². The summed E-state index contributed by atoms with van der Waals surface area (Å²) < 4.78 is 34.7. The van der Waals surface area contributed by atoms with Crippen LogP contribution in [0.15, 0.2) is 48.6 Å². The summed E-state index contributed by atoms with van der Waals surface area (Å²) in [6, 6.07) is 0. The van der Waals surface area contributed by atoms with E-state index >= 15 is 0 Å². The summed E-state index contributed by atoms with van der Waals surface area (Å²) in [5.74, 6) is -0.781. The second-order valence-corrected chi connectivity index (χ2v) is 25.3. The maximum Gasteiger partial charge on any atom is 0.472 e. The van der Waals surface area contributed by atoms with Crippen LogP contribution in [0.4, 0.5) is 0 Å². The molecule has 0 saturated carbocycles. The maximum atomic E-state index is 12.9. The molecule has 0 radical (unpaired) electrons. The van der Waals surface area contributed by atoms with Crippen LogP contribution in [-0.2, 0) is 32.7 Å². The van der Waals surface area contributed by atoms with Crippen LogP contribution in [0.25, 0.3) is 0 Å². The van der Waals surface area contributed by atoms with Gasteiger partial charge in [-0.2, -0.15) is 0 Å². The molecule has 10 heteroatoms. The van der Waals surface area contributed by atoms with E-state index in [1.807, 2.05) is 21.1 Å². The van der Waals surface area contributed by atoms with Gasteiger partial charge < -0.3 is 18.9 Å². The van der Waals surface area contributed by atoms with Crippen LogP contribution in [0.3, 0.4) is 0 Å². The first-order chi connectivity index (χ1) is 38.0. The standard InChI is InChI=1S/C68H128NO8P/c1-6-8-10-12-14-16-18-20-22-24-26-28-30-32-34-36-38-40-42-44-46-48-50-52-54-56-58-60-67(70)74-64-66(65-76-78(72,73)75-63-62-69(3,4)5)77-68(71)61-59-57-55-53-51-49-47-45-43-41-39-37-35-33-31-29-27-25-23-21-19-17-15-13-11-9-7-2/h9,11,15,17,21,23,27,29,66H,6-8,10,12-14,16,18-20,22,24-26,28,30-65H2,1-5H3/p+1/b11-9-,17-15-,23-21-,29-27-. The molecule has 0 aromatic carbocycles. The molecule has 0 rings (SSSR count). The van der Waals surface area contributed by atoms with E-state index in [0.717, 1.165) is 57.8 Å². The Morgan fingerprint density at radius 1 is 0.410 bits per heavy atom. The molecule has 0 fully saturated rings. The molecule has 0 aliphatic heterocycles. The lowest BCUT2D eigenvalue weighted by Gasteiger charge is -2.24. The minimum absolute atomic E-state index is 0.0331. The Labute approximate surface area is 484 Å². The zero-order chi connectivity index (χ0) is 57.0. The third-order valence-corrected chi connectivity index (χ3v) is 15.9. The van der Waals surface area contributed by atoms with Crippen molar-refractivity contribution in [1.29, 1.82) is 0 Å². The van der Waals surface area contributed by atoms with Gasteiger partial charge in [-0.3, -0.25) is 18.6 Å². The van der Waals surface area contributed by atoms with E-state index in [-0.39, 0.29) is 25.6 Å². The van der Waals surface area contributed by atoms with Crippen LogP contribution in [0.2, 0.25) is 0 Å². The third kappa shape index (κ3) is 63.2. The van der Waals surface area contributed by atoms with Crippen molar-refractivity contribution < 1.29 is 42.1 Å². The van der Waals surface area contributed by atoms with Crippen LogP contribution < -0.4 is 0 Å². The van der Waals surface area contributed by atoms with E-state index in [4.69, 9.17) is 18.5 Å². The van der Waals surface area contributed by atoms with Gasteiger partial charge in [0, 0.05) is 12.8 Å². The molecule has 0 spiro atoms. The van der Waals surface area contributed by atoms with Crippen molar-refractivity contribution >= 4 is 19.8 Å². The van der Waals surface area contributed by atoms with Crippen molar-refractivity contribution in [2.45, 2.75) is 328 Å². The maximum absolute atomic E-state index is 12.9. The van der Waals surface area contributed by atoms with Crippen molar-refractivity contribution in [3.63, 3.8) is 0 Å². The minimum Gasteiger partial charge on any atom is -0.462 e. The number of carbonyl (C=O) groups excluding carboxylic acids is 2. The summed E-state index contributed by atoms with van der Waals surface area (Å²) >= 11 is 0. The van der Waals surface area contributed by atoms with Crippen molar-refractivity contribution in [3.8, 4) is 0 Å². The van der Waals surface area contributed by atoms with Gasteiger partial charge in [0.2, 0.25) is 0 Å². The lowest BCUT2D eigenvalue weighted by Crippen LogP contribution is -2.37. The lowest BCUT2D eigenvalue weighted by molar-refractivity contribution is -0.870. The van der Waals surface area contributed by atoms with E-state index in [9.17, 15) is 19.0 Å². The Morgan fingerprint density at radius 2 is 0.731 bits per heavy atom. The fourth-order valence-corrected chi connectivity index (χ4v) is 10.5. The Morgan fingerprint density at radius 3 is 1.09 bits per heavy atom. The molecule has 0 aromatic rings. The second kappa shape index (κ2) is 59.6. The normalized spacial score (nSPS) is 13.5. The highest BCUT2D eigenvalue weighted by molar-refractivity contribution is 7.47. The zero-order valence-corrected chi connectivity index (χ0v) is 53.1. The molecule has 0 amide bonds. The van der Waals surface area contributed by atoms with Gasteiger partial charge in [0.1, 0.15) is 19.8 Å². The summed E-state index contributed by atoms with van der Waals surface area (Å²) in [4.78, 5) is 35.8. The molecule has 1 N–H and O–H groups in total. The van der Waals surface area contributed by atoms with Crippen molar-refractivity contribution in [3.05, 3.63) is 48.6 Å². The van der Waals surface area contributed by atoms with Gasteiger partial charge in [0.15, 0.2) is 6.10 Å². The molecule has 458 valence electrons. The monoisotopic (exact) mass is 1120 g/mol. The van der Waals surface area contributed by atoms with Gasteiger partial charge in [-0.25, -0.2) is 4.57 Å². The van der Waals surface area contributed by atoms with Gasteiger partial charge >= 0.3 is 19.8 Å². The molecule has 2 atom stereocenters. The van der Waals surface area contributed by atoms with Gasteiger partial charge in [0.25, 0.3) is 0 Å². The average molecular weight is 1120 g/mol. The van der Waals surface area contributed by atoms with Crippen molar-refractivity contribution in [1.82, 2.24) is 0 Å². The molecular weight excluding hydrogens is 990 g/mol. The highest BCUT2D eigenvalue weighted by Crippen LogP contribution is 2.43. The second-order valence-electron chi connectivity index (χ2n) is 23.8. The zero-order valence-electron chi connectivity index (χ0n) is 52.2. The number of phosphoric ester groups is 1. The molecule has 0 aromatic heterocycles. The predicted molar refractivity (Wildman–Crippen MR) is 335 cm³/mol. The number of likely N-dealkylation sites (N-methyl/N-ethyl adjacent to an activating group) is 1. The predicted octanol–water partition coefficient (Wildman–Crippen LogP) is 21.3. The Hall–Kier alpha value is -2.03. The summed E-state index contributed by atoms with van der Waals surface area (Å²) in [5.41, 5.74) is 0. The summed E-state index contributed by atoms with van der Waals surface area (Å²) in [6.07, 6.45) is 76.3. The molecule has 0 aliphatic carbocycles. The molecule has 2 unspecified atom stereocenters. The summed E-state index contributed by atoms with van der Waals surface area (Å²) in [5, 5.41) is 0. The van der Waals surface area contributed by atoms with Gasteiger partial charge in [0.05, 0.1) is 27.7 Å². The Bertz CT molecular complexity index is 1460. The molecule has 78 heavy (non-hydrogen) atoms. The van der Waals surface area contributed by atoms with Gasteiger partial charge in [-0.1, -0.05) is 306 Å². The fraction of sp³-hybridized carbons (Fsp3) is 0.853. The first-order valence-corrected chi connectivity index (χ1v) is 34.9. The molecule has 0 bridgehead atoms. The third-order valence-electron chi connectivity index (χ3n) is 14.9. The molecule has 0 aliphatic rings. The van der Waals surface area contributed by atoms with Crippen LogP contribution in [0.1, 0.15) is 322 Å². The fourth-order valence-electron chi connectivity index (χ4n) is 9.78. The largest absolute Gasteiger partial charge is 0.472 e. The first-order valence-electron chi connectivity index (χ1n) is 33.4. The quantitative estimate of drug-likeness (QED) is 0.0211. The lowest BCUT2D eigenvalue weighted by atomic mass is 10.0. The number of hydrogen-bond acceptors (Lipinski definition) is 7. The number of hydrogen-bond donors (Lipinski definition) is 1. The Kier molecular flexibility index (Phi) is 58.0. The number of quaternary nitrogens is 1. The van der Waals surface area contributed by atoms with Crippen molar-refractivity contribution in [2.24, 2.45) is 0 Å². The van der Waals surface area contributed by atoms with E-state index in [2.05, 4.69) is 62.5 Å². The average Bonchev–Trinajstić information content (AvgIpc) is 3.41. The number of rotatable bonds is 62. The molecule has 9 nitrogen and oxygen atoms in total. The topological polar surface area (TPSA) is 108 Å². The highest BCUT2D eigenvalue weighted by atomic mass is 31.2. The van der Waals surface area contributed by atoms with E-state index in [1.165, 1.54) is 231 Å². The number of nitrogens with zero attached hydrogens (tertiary/aromatic N) is 1. The van der Waals surface area contributed by atoms with E-state index in [0.29, 0.717) is 23.9 Å². The summed E-state index contributed by atoms with van der Waals surface area (Å²) in [7, 11) is 1.49. The molecule has 0 heterocycles. The van der Waals surface area contributed by atoms with Crippen LogP contribution >= 0.6 is 7.82 Å². The number of carbonyl (C=O) groups is 2. The van der Waals surface area contributed by atoms with Crippen molar-refractivity contribution in [2.75, 3.05) is 47.5 Å². The number of unbranched alkanes of at least 4 members (excludes halogenated alkanes) is 40. The number of allylic oxidation sites excluding steroid dienone is 8. The first kappa shape index (κ1) is 76.0. The van der Waals surface area contributed by atoms with E-state index in [1.54, 1.807) is 0 Å². The SMILES string of the molecule is CC/C=C\C/C=C\C/C=C\C/C=C\CCCCCCCCCCCCCCCCC(=O)OC(COC(=O)CCCCCCCCCCCCCCCCCCCCCCCCCCCCC)COP(=O)(O)OCC[N+](C)(C)C. The smallest absolute Gasteiger partial charge is 0.462 e. The number of phosphoric acid groups is 1. The number of ether oxygens (including phenoxy) is 2. The summed E-state index contributed by atoms with van der Waals surface area (Å²) in [6.45, 7) is 4.38.